The molecule has 1 unspecified atom stereocenters. The average molecular weight is 1000 g/mol. The van der Waals surface area contributed by atoms with E-state index < -0.39 is 6.10 Å². The third-order valence-corrected chi connectivity index (χ3v) is 14.4. The van der Waals surface area contributed by atoms with Crippen LogP contribution in [0.1, 0.15) is 355 Å². The number of hydrogen-bond donors (Lipinski definition) is 0. The summed E-state index contributed by atoms with van der Waals surface area (Å²) < 4.78 is 16.8. The van der Waals surface area contributed by atoms with E-state index in [0.717, 1.165) is 57.8 Å². The zero-order valence-corrected chi connectivity index (χ0v) is 48.0. The molecule has 0 saturated carbocycles. The fourth-order valence-electron chi connectivity index (χ4n) is 9.61. The molecule has 0 saturated heterocycles. The van der Waals surface area contributed by atoms with Crippen LogP contribution in [0.3, 0.4) is 0 Å². The molecule has 6 heteroatoms. The first-order valence-electron chi connectivity index (χ1n) is 31.8. The van der Waals surface area contributed by atoms with E-state index in [4.69, 9.17) is 14.2 Å². The molecule has 1 atom stereocenters. The number of unbranched alkanes of at least 4 members (excludes halogenated alkanes) is 44. The summed E-state index contributed by atoms with van der Waals surface area (Å²) in [5.74, 6) is -0.854. The van der Waals surface area contributed by atoms with Gasteiger partial charge in [0.2, 0.25) is 0 Å². The predicted molar refractivity (Wildman–Crippen MR) is 307 cm³/mol. The van der Waals surface area contributed by atoms with Crippen LogP contribution in [0.25, 0.3) is 0 Å². The van der Waals surface area contributed by atoms with Gasteiger partial charge in [0.1, 0.15) is 13.2 Å². The molecule has 0 N–H and O–H groups in total. The van der Waals surface area contributed by atoms with Crippen molar-refractivity contribution in [1.29, 1.82) is 0 Å². The van der Waals surface area contributed by atoms with Gasteiger partial charge in [-0.25, -0.2) is 0 Å². The van der Waals surface area contributed by atoms with E-state index in [1.54, 1.807) is 0 Å². The van der Waals surface area contributed by atoms with Crippen LogP contribution in [-0.2, 0) is 28.6 Å². The van der Waals surface area contributed by atoms with Crippen LogP contribution >= 0.6 is 0 Å². The summed E-state index contributed by atoms with van der Waals surface area (Å²) in [6.45, 7) is 6.65. The molecule has 6 nitrogen and oxygen atoms in total. The van der Waals surface area contributed by atoms with Crippen molar-refractivity contribution in [2.75, 3.05) is 13.2 Å². The summed E-state index contributed by atoms with van der Waals surface area (Å²) in [6.07, 6.45) is 72.1. The minimum atomic E-state index is -0.767. The molecule has 71 heavy (non-hydrogen) atoms. The molecule has 0 radical (unpaired) electrons. The lowest BCUT2D eigenvalue weighted by Gasteiger charge is -2.18. The van der Waals surface area contributed by atoms with Gasteiger partial charge in [0.05, 0.1) is 0 Å². The standard InChI is InChI=1S/C65H122O6/c1-4-7-10-13-16-18-20-22-24-26-28-30-32-34-36-38-40-42-44-46-49-52-55-58-64(67)70-61-62(60-69-63(66)57-54-51-48-15-12-9-6-3)71-65(68)59-56-53-50-47-45-43-41-39-37-35-33-31-29-27-25-23-21-19-17-14-11-8-5-2/h26-29,62H,4-25,30-61H2,1-3H3/b28-26-,29-27-. The van der Waals surface area contributed by atoms with Crippen molar-refractivity contribution >= 4 is 17.9 Å². The van der Waals surface area contributed by atoms with Crippen LogP contribution in [0.2, 0.25) is 0 Å². The normalized spacial score (nSPS) is 12.1. The van der Waals surface area contributed by atoms with Crippen LogP contribution in [0, 0.1) is 0 Å². The summed E-state index contributed by atoms with van der Waals surface area (Å²) in [7, 11) is 0. The van der Waals surface area contributed by atoms with Crippen LogP contribution in [0.4, 0.5) is 0 Å². The molecule has 0 aromatic rings. The molecule has 0 aliphatic heterocycles. The van der Waals surface area contributed by atoms with Crippen molar-refractivity contribution in [3.63, 3.8) is 0 Å². The molecular weight excluding hydrogens is 877 g/mol. The summed E-state index contributed by atoms with van der Waals surface area (Å²) in [5.41, 5.74) is 0. The van der Waals surface area contributed by atoms with Crippen molar-refractivity contribution in [2.24, 2.45) is 0 Å². The minimum absolute atomic E-state index is 0.0677. The molecule has 418 valence electrons. The van der Waals surface area contributed by atoms with Gasteiger partial charge in [-0.05, 0) is 70.6 Å². The highest BCUT2D eigenvalue weighted by atomic mass is 16.6. The number of allylic oxidation sites excluding steroid dienone is 4. The second-order valence-corrected chi connectivity index (χ2v) is 21.7. The largest absolute Gasteiger partial charge is 0.462 e. The molecule has 0 bridgehead atoms. The number of hydrogen-bond acceptors (Lipinski definition) is 6. The first-order chi connectivity index (χ1) is 35.0. The lowest BCUT2D eigenvalue weighted by molar-refractivity contribution is -0.167. The third-order valence-electron chi connectivity index (χ3n) is 14.4. The van der Waals surface area contributed by atoms with E-state index in [-0.39, 0.29) is 31.1 Å². The smallest absolute Gasteiger partial charge is 0.306 e. The van der Waals surface area contributed by atoms with Gasteiger partial charge < -0.3 is 14.2 Å². The average Bonchev–Trinajstić information content (AvgIpc) is 3.37. The quantitative estimate of drug-likeness (QED) is 0.0261. The van der Waals surface area contributed by atoms with Gasteiger partial charge in [0.15, 0.2) is 6.10 Å². The second-order valence-electron chi connectivity index (χ2n) is 21.7. The van der Waals surface area contributed by atoms with E-state index >= 15 is 0 Å². The Balaban J connectivity index is 4.10. The van der Waals surface area contributed by atoms with Crippen LogP contribution in [-0.4, -0.2) is 37.2 Å². The Bertz CT molecular complexity index is 1150. The van der Waals surface area contributed by atoms with Gasteiger partial charge >= 0.3 is 17.9 Å². The predicted octanol–water partition coefficient (Wildman–Crippen LogP) is 21.4. The van der Waals surface area contributed by atoms with Gasteiger partial charge in [-0.1, -0.05) is 289 Å². The zero-order valence-electron chi connectivity index (χ0n) is 48.0. The molecular formula is C65H122O6. The Kier molecular flexibility index (Phi) is 58.6. The molecule has 0 fully saturated rings. The number of carbonyl (C=O) groups is 3. The highest BCUT2D eigenvalue weighted by Crippen LogP contribution is 2.17. The van der Waals surface area contributed by atoms with Crippen molar-refractivity contribution in [1.82, 2.24) is 0 Å². The fraction of sp³-hybridized carbons (Fsp3) is 0.892. The second kappa shape index (κ2) is 60.4. The maximum atomic E-state index is 12.9. The molecule has 0 aliphatic rings. The molecule has 0 spiro atoms. The molecule has 0 aromatic carbocycles. The lowest BCUT2D eigenvalue weighted by Crippen LogP contribution is -2.30. The Labute approximate surface area is 443 Å². The molecule has 0 aromatic heterocycles. The third kappa shape index (κ3) is 58.7. The Morgan fingerprint density at radius 1 is 0.268 bits per heavy atom. The van der Waals surface area contributed by atoms with Crippen LogP contribution in [0.15, 0.2) is 24.3 Å². The zero-order chi connectivity index (χ0) is 51.4. The fourth-order valence-corrected chi connectivity index (χ4v) is 9.61. The van der Waals surface area contributed by atoms with Crippen molar-refractivity contribution < 1.29 is 28.6 Å². The number of ether oxygens (including phenoxy) is 3. The highest BCUT2D eigenvalue weighted by Gasteiger charge is 2.19. The van der Waals surface area contributed by atoms with Crippen LogP contribution in [0.5, 0.6) is 0 Å². The SMILES string of the molecule is CCCCCCCCCC/C=C\CCCCCCCCCCCCCC(=O)OCC(COC(=O)CCCCCCCCC)OC(=O)CCCCCCCCCCCCC/C=C\CCCCCCCCCC. The summed E-state index contributed by atoms with van der Waals surface area (Å²) in [5, 5.41) is 0. The topological polar surface area (TPSA) is 78.9 Å². The highest BCUT2D eigenvalue weighted by molar-refractivity contribution is 5.71. The minimum Gasteiger partial charge on any atom is -0.462 e. The number of esters is 3. The van der Waals surface area contributed by atoms with E-state index in [1.165, 1.54) is 257 Å². The lowest BCUT2D eigenvalue weighted by atomic mass is 10.0. The Hall–Kier alpha value is -2.11. The monoisotopic (exact) mass is 999 g/mol. The number of carbonyl (C=O) groups excluding carboxylic acids is 3. The molecule has 0 heterocycles. The summed E-state index contributed by atoms with van der Waals surface area (Å²) >= 11 is 0. The maximum Gasteiger partial charge on any atom is 0.306 e. The maximum absolute atomic E-state index is 12.9. The van der Waals surface area contributed by atoms with E-state index in [2.05, 4.69) is 45.1 Å². The van der Waals surface area contributed by atoms with Gasteiger partial charge in [-0.15, -0.1) is 0 Å². The Morgan fingerprint density at radius 2 is 0.465 bits per heavy atom. The van der Waals surface area contributed by atoms with Crippen molar-refractivity contribution in [2.45, 2.75) is 361 Å². The number of rotatable bonds is 59. The van der Waals surface area contributed by atoms with Gasteiger partial charge in [0, 0.05) is 19.3 Å². The molecule has 0 amide bonds. The van der Waals surface area contributed by atoms with Crippen molar-refractivity contribution in [3.05, 3.63) is 24.3 Å². The molecule has 0 rings (SSSR count). The van der Waals surface area contributed by atoms with E-state index in [1.807, 2.05) is 0 Å². The van der Waals surface area contributed by atoms with E-state index in [0.29, 0.717) is 19.3 Å². The summed E-state index contributed by atoms with van der Waals surface area (Å²) in [4.78, 5) is 38.1. The first kappa shape index (κ1) is 68.9. The van der Waals surface area contributed by atoms with Gasteiger partial charge in [0.25, 0.3) is 0 Å². The van der Waals surface area contributed by atoms with E-state index in [9.17, 15) is 14.4 Å². The molecule has 0 aliphatic carbocycles. The summed E-state index contributed by atoms with van der Waals surface area (Å²) in [6, 6.07) is 0. The van der Waals surface area contributed by atoms with Crippen LogP contribution < -0.4 is 0 Å². The van der Waals surface area contributed by atoms with Gasteiger partial charge in [-0.2, -0.15) is 0 Å². The van der Waals surface area contributed by atoms with Crippen molar-refractivity contribution in [3.8, 4) is 0 Å². The Morgan fingerprint density at radius 3 is 0.704 bits per heavy atom. The first-order valence-corrected chi connectivity index (χ1v) is 31.8. The van der Waals surface area contributed by atoms with Gasteiger partial charge in [-0.3, -0.25) is 14.4 Å².